The fraction of sp³-hybridized carbons (Fsp3) is 0.368. The Kier molecular flexibility index (Phi) is 3.89. The molecule has 1 fully saturated rings. The van der Waals surface area contributed by atoms with Crippen molar-refractivity contribution in [3.05, 3.63) is 51.7 Å². The second kappa shape index (κ2) is 5.97. The fourth-order valence-electron chi connectivity index (χ4n) is 4.10. The van der Waals surface area contributed by atoms with Crippen molar-refractivity contribution < 1.29 is 9.59 Å². The van der Waals surface area contributed by atoms with Crippen molar-refractivity contribution in [2.45, 2.75) is 25.3 Å². The van der Waals surface area contributed by atoms with Crippen LogP contribution in [0.2, 0.25) is 0 Å². The second-order valence-electron chi connectivity index (χ2n) is 6.94. The summed E-state index contributed by atoms with van der Waals surface area (Å²) in [6, 6.07) is 9.94. The van der Waals surface area contributed by atoms with Crippen LogP contribution in [0.5, 0.6) is 0 Å². The predicted molar refractivity (Wildman–Crippen MR) is 98.6 cm³/mol. The quantitative estimate of drug-likeness (QED) is 0.913. The van der Waals surface area contributed by atoms with Crippen LogP contribution >= 0.6 is 11.3 Å². The molecule has 0 unspecified atom stereocenters. The number of anilines is 1. The first-order valence-corrected chi connectivity index (χ1v) is 9.34. The van der Waals surface area contributed by atoms with Gasteiger partial charge in [0.25, 0.3) is 0 Å². The number of amides is 2. The van der Waals surface area contributed by atoms with Crippen molar-refractivity contribution in [1.29, 1.82) is 0 Å². The summed E-state index contributed by atoms with van der Waals surface area (Å²) in [5.41, 5.74) is 8.00. The number of hydrogen-bond donors (Lipinski definition) is 1. The molecule has 130 valence electrons. The molecule has 2 amide bonds. The maximum Gasteiger partial charge on any atom is 0.239 e. The number of rotatable bonds is 4. The number of nitrogens with two attached hydrogens (primary N) is 1. The average Bonchev–Trinajstić information content (AvgIpc) is 3.25. The van der Waals surface area contributed by atoms with Gasteiger partial charge in [-0.15, -0.1) is 11.3 Å². The second-order valence-corrected chi connectivity index (χ2v) is 7.94. The number of para-hydroxylation sites is 1. The van der Waals surface area contributed by atoms with Gasteiger partial charge in [0.15, 0.2) is 0 Å². The lowest BCUT2D eigenvalue weighted by atomic mass is 9.81. The zero-order chi connectivity index (χ0) is 17.6. The molecule has 1 spiro atoms. The molecule has 5 nitrogen and oxygen atoms in total. The van der Waals surface area contributed by atoms with E-state index >= 15 is 0 Å². The molecule has 0 bridgehead atoms. The Morgan fingerprint density at radius 1 is 1.32 bits per heavy atom. The lowest BCUT2D eigenvalue weighted by Gasteiger charge is -2.24. The van der Waals surface area contributed by atoms with Gasteiger partial charge in [-0.05, 0) is 48.5 Å². The lowest BCUT2D eigenvalue weighted by Crippen LogP contribution is -2.45. The summed E-state index contributed by atoms with van der Waals surface area (Å²) in [4.78, 5) is 29.9. The standard InChI is InChI=1S/C19H21N3O2S/c1-13-6-9-25-16(13)10-21-8-7-19(12-21)14-4-2-3-5-15(14)22(18(19)24)11-17(20)23/h2-6,9H,7-8,10-12H2,1H3,(H2,20,23)/t19-/m0/s1. The number of fused-ring (bicyclic) bond motifs is 2. The van der Waals surface area contributed by atoms with Crippen LogP contribution in [-0.4, -0.2) is 36.3 Å². The molecule has 2 aromatic rings. The molecular weight excluding hydrogens is 334 g/mol. The highest BCUT2D eigenvalue weighted by atomic mass is 32.1. The predicted octanol–water partition coefficient (Wildman–Crippen LogP) is 2.03. The van der Waals surface area contributed by atoms with Crippen molar-refractivity contribution in [3.63, 3.8) is 0 Å². The molecule has 1 saturated heterocycles. The van der Waals surface area contributed by atoms with E-state index in [9.17, 15) is 9.59 Å². The summed E-state index contributed by atoms with van der Waals surface area (Å²) in [5, 5.41) is 2.11. The van der Waals surface area contributed by atoms with Crippen molar-refractivity contribution in [2.75, 3.05) is 24.5 Å². The van der Waals surface area contributed by atoms with Crippen molar-refractivity contribution in [3.8, 4) is 0 Å². The van der Waals surface area contributed by atoms with E-state index in [4.69, 9.17) is 5.73 Å². The summed E-state index contributed by atoms with van der Waals surface area (Å²) < 4.78 is 0. The number of likely N-dealkylation sites (tertiary alicyclic amines) is 1. The number of thiophene rings is 1. The monoisotopic (exact) mass is 355 g/mol. The van der Waals surface area contributed by atoms with Crippen LogP contribution in [0.3, 0.4) is 0 Å². The molecule has 4 rings (SSSR count). The van der Waals surface area contributed by atoms with Crippen LogP contribution in [0.25, 0.3) is 0 Å². The normalized spacial score (nSPS) is 22.8. The van der Waals surface area contributed by atoms with Gasteiger partial charge < -0.3 is 10.6 Å². The summed E-state index contributed by atoms with van der Waals surface area (Å²) >= 11 is 1.76. The van der Waals surface area contributed by atoms with Gasteiger partial charge in [-0.25, -0.2) is 0 Å². The number of carbonyl (C=O) groups excluding carboxylic acids is 2. The maximum atomic E-state index is 13.2. The van der Waals surface area contributed by atoms with Crippen LogP contribution in [0.15, 0.2) is 35.7 Å². The summed E-state index contributed by atoms with van der Waals surface area (Å²) in [5.74, 6) is -0.470. The fourth-order valence-corrected chi connectivity index (χ4v) is 5.04. The molecule has 0 radical (unpaired) electrons. The highest BCUT2D eigenvalue weighted by Gasteiger charge is 2.54. The van der Waals surface area contributed by atoms with Gasteiger partial charge in [-0.3, -0.25) is 14.5 Å². The van der Waals surface area contributed by atoms with Crippen LogP contribution in [0.1, 0.15) is 22.4 Å². The largest absolute Gasteiger partial charge is 0.368 e. The zero-order valence-corrected chi connectivity index (χ0v) is 15.0. The first-order valence-electron chi connectivity index (χ1n) is 8.46. The van der Waals surface area contributed by atoms with E-state index in [1.54, 1.807) is 16.2 Å². The van der Waals surface area contributed by atoms with Gasteiger partial charge in [0.1, 0.15) is 6.54 Å². The average molecular weight is 355 g/mol. The molecule has 2 N–H and O–H groups in total. The Bertz CT molecular complexity index is 847. The van der Waals surface area contributed by atoms with Gasteiger partial charge in [0.05, 0.1) is 5.41 Å². The molecule has 3 heterocycles. The van der Waals surface area contributed by atoms with Gasteiger partial charge in [0.2, 0.25) is 11.8 Å². The third kappa shape index (κ3) is 2.56. The van der Waals surface area contributed by atoms with E-state index in [1.807, 2.05) is 24.3 Å². The molecule has 6 heteroatoms. The molecule has 1 aromatic carbocycles. The Morgan fingerprint density at radius 3 is 2.84 bits per heavy atom. The Hall–Kier alpha value is -2.18. The van der Waals surface area contributed by atoms with Crippen molar-refractivity contribution in [1.82, 2.24) is 4.90 Å². The lowest BCUT2D eigenvalue weighted by molar-refractivity contribution is -0.125. The minimum atomic E-state index is -0.544. The highest BCUT2D eigenvalue weighted by molar-refractivity contribution is 7.10. The van der Waals surface area contributed by atoms with Gasteiger partial charge in [0, 0.05) is 23.7 Å². The van der Waals surface area contributed by atoms with E-state index in [1.165, 1.54) is 10.4 Å². The van der Waals surface area contributed by atoms with Crippen molar-refractivity contribution >= 4 is 28.8 Å². The first-order chi connectivity index (χ1) is 12.0. The number of primary amides is 1. The van der Waals surface area contributed by atoms with E-state index in [0.29, 0.717) is 6.54 Å². The number of hydrogen-bond acceptors (Lipinski definition) is 4. The smallest absolute Gasteiger partial charge is 0.239 e. The Morgan fingerprint density at radius 2 is 2.12 bits per heavy atom. The molecular formula is C19H21N3O2S. The van der Waals surface area contributed by atoms with Crippen LogP contribution in [0.4, 0.5) is 5.69 Å². The van der Waals surface area contributed by atoms with Crippen LogP contribution < -0.4 is 10.6 Å². The van der Waals surface area contributed by atoms with Gasteiger partial charge in [-0.2, -0.15) is 0 Å². The zero-order valence-electron chi connectivity index (χ0n) is 14.2. The van der Waals surface area contributed by atoms with E-state index in [-0.39, 0.29) is 12.5 Å². The van der Waals surface area contributed by atoms with E-state index in [2.05, 4.69) is 23.3 Å². The summed E-state index contributed by atoms with van der Waals surface area (Å²) in [7, 11) is 0. The van der Waals surface area contributed by atoms with Crippen molar-refractivity contribution in [2.24, 2.45) is 5.73 Å². The van der Waals surface area contributed by atoms with Crippen LogP contribution in [-0.2, 0) is 21.5 Å². The SMILES string of the molecule is Cc1ccsc1CN1CC[C@@]2(C1)C(=O)N(CC(N)=O)c1ccccc12. The molecule has 25 heavy (non-hydrogen) atoms. The first kappa shape index (κ1) is 16.3. The minimum absolute atomic E-state index is 0.0119. The molecule has 2 aliphatic heterocycles. The summed E-state index contributed by atoms with van der Waals surface area (Å²) in [6.45, 7) is 4.51. The number of carbonyl (C=O) groups is 2. The van der Waals surface area contributed by atoms with Gasteiger partial charge >= 0.3 is 0 Å². The Balaban J connectivity index is 1.64. The third-order valence-electron chi connectivity index (χ3n) is 5.36. The van der Waals surface area contributed by atoms with E-state index in [0.717, 1.165) is 30.8 Å². The molecule has 1 atom stereocenters. The number of aryl methyl sites for hydroxylation is 1. The topological polar surface area (TPSA) is 66.6 Å². The van der Waals surface area contributed by atoms with Gasteiger partial charge in [-0.1, -0.05) is 18.2 Å². The van der Waals surface area contributed by atoms with Crippen LogP contribution in [0, 0.1) is 6.92 Å². The number of benzene rings is 1. The number of nitrogens with zero attached hydrogens (tertiary/aromatic N) is 2. The molecule has 0 aliphatic carbocycles. The third-order valence-corrected chi connectivity index (χ3v) is 6.37. The maximum absolute atomic E-state index is 13.2. The van der Waals surface area contributed by atoms with E-state index < -0.39 is 11.3 Å². The highest BCUT2D eigenvalue weighted by Crippen LogP contribution is 2.47. The molecule has 1 aromatic heterocycles. The minimum Gasteiger partial charge on any atom is -0.368 e. The summed E-state index contributed by atoms with van der Waals surface area (Å²) in [6.07, 6.45) is 0.780. The molecule has 2 aliphatic rings. The Labute approximate surface area is 151 Å². The molecule has 0 saturated carbocycles.